The number of amides is 1. The van der Waals surface area contributed by atoms with E-state index < -0.39 is 0 Å². The fraction of sp³-hybridized carbons (Fsp3) is 0.200. The average Bonchev–Trinajstić information content (AvgIpc) is 3.21. The third kappa shape index (κ3) is 5.06. The van der Waals surface area contributed by atoms with Crippen molar-refractivity contribution in [3.8, 4) is 0 Å². The lowest BCUT2D eigenvalue weighted by Gasteiger charge is -2.08. The number of carbonyl (C=O) groups is 1. The first kappa shape index (κ1) is 19.7. The van der Waals surface area contributed by atoms with Gasteiger partial charge in [0.2, 0.25) is 0 Å². The van der Waals surface area contributed by atoms with Crippen LogP contribution in [0.5, 0.6) is 0 Å². The van der Waals surface area contributed by atoms with Gasteiger partial charge in [0.1, 0.15) is 5.82 Å². The van der Waals surface area contributed by atoms with E-state index in [9.17, 15) is 4.79 Å². The van der Waals surface area contributed by atoms with Crippen LogP contribution in [-0.4, -0.2) is 29.0 Å². The van der Waals surface area contributed by atoms with Crippen molar-refractivity contribution in [2.45, 2.75) is 19.3 Å². The fourth-order valence-corrected chi connectivity index (χ4v) is 3.57. The molecule has 2 aromatic carbocycles. The molecular weight excluding hydrogens is 372 g/mol. The monoisotopic (exact) mass is 398 g/mol. The number of aromatic amines is 1. The van der Waals surface area contributed by atoms with Gasteiger partial charge >= 0.3 is 0 Å². The van der Waals surface area contributed by atoms with E-state index in [0.717, 1.165) is 37.1 Å². The molecule has 30 heavy (non-hydrogen) atoms. The molecule has 0 aliphatic rings. The molecule has 4 rings (SSSR count). The highest BCUT2D eigenvalue weighted by molar-refractivity contribution is 5.94. The van der Waals surface area contributed by atoms with Gasteiger partial charge in [-0.05, 0) is 48.6 Å². The predicted octanol–water partition coefficient (Wildman–Crippen LogP) is 4.58. The van der Waals surface area contributed by atoms with Crippen LogP contribution in [-0.2, 0) is 12.8 Å². The van der Waals surface area contributed by atoms with E-state index in [0.29, 0.717) is 12.1 Å². The second-order valence-electron chi connectivity index (χ2n) is 7.31. The molecule has 0 aliphatic carbocycles. The smallest absolute Gasteiger partial charge is 0.251 e. The number of anilines is 1. The van der Waals surface area contributed by atoms with Gasteiger partial charge in [-0.15, -0.1) is 0 Å². The number of nitrogens with one attached hydrogen (secondary N) is 3. The molecule has 152 valence electrons. The molecule has 5 heteroatoms. The van der Waals surface area contributed by atoms with E-state index in [-0.39, 0.29) is 5.91 Å². The molecule has 0 radical (unpaired) electrons. The number of benzene rings is 2. The number of pyridine rings is 1. The Kier molecular flexibility index (Phi) is 6.40. The lowest BCUT2D eigenvalue weighted by Crippen LogP contribution is -2.25. The van der Waals surface area contributed by atoms with Crippen LogP contribution in [0.4, 0.5) is 5.82 Å². The summed E-state index contributed by atoms with van der Waals surface area (Å²) in [6.45, 7) is 1.40. The largest absolute Gasteiger partial charge is 0.370 e. The van der Waals surface area contributed by atoms with Gasteiger partial charge in [0, 0.05) is 41.9 Å². The quantitative estimate of drug-likeness (QED) is 0.362. The summed E-state index contributed by atoms with van der Waals surface area (Å²) in [6, 6.07) is 22.2. The van der Waals surface area contributed by atoms with Crippen molar-refractivity contribution in [3.63, 3.8) is 0 Å². The maximum atomic E-state index is 12.5. The van der Waals surface area contributed by atoms with Crippen molar-refractivity contribution in [2.75, 3.05) is 18.4 Å². The molecule has 2 heterocycles. The standard InChI is InChI=1S/C25H26N4O/c30-25(28-16-13-21-18-29-23-11-5-4-10-22(21)23)20-12-15-27-24(17-20)26-14-6-9-19-7-2-1-3-8-19/h1-5,7-8,10-12,15,17-18,29H,6,9,13-14,16H2,(H,26,27)(H,28,30). The third-order valence-corrected chi connectivity index (χ3v) is 5.17. The number of carbonyl (C=O) groups excluding carboxylic acids is 1. The maximum absolute atomic E-state index is 12.5. The summed E-state index contributed by atoms with van der Waals surface area (Å²) in [7, 11) is 0. The molecule has 3 N–H and O–H groups in total. The number of hydrogen-bond donors (Lipinski definition) is 3. The first-order valence-electron chi connectivity index (χ1n) is 10.4. The molecule has 0 unspecified atom stereocenters. The summed E-state index contributed by atoms with van der Waals surface area (Å²) in [5.41, 5.74) is 4.28. The van der Waals surface area contributed by atoms with Crippen LogP contribution in [0, 0.1) is 0 Å². The normalized spacial score (nSPS) is 10.8. The second kappa shape index (κ2) is 9.74. The van der Waals surface area contributed by atoms with Gasteiger partial charge in [-0.1, -0.05) is 48.5 Å². The van der Waals surface area contributed by atoms with Gasteiger partial charge in [-0.3, -0.25) is 4.79 Å². The maximum Gasteiger partial charge on any atom is 0.251 e. The Morgan fingerprint density at radius 1 is 0.933 bits per heavy atom. The van der Waals surface area contributed by atoms with Gasteiger partial charge in [0.15, 0.2) is 0 Å². The van der Waals surface area contributed by atoms with Crippen LogP contribution in [0.2, 0.25) is 0 Å². The SMILES string of the molecule is O=C(NCCc1c[nH]c2ccccc12)c1ccnc(NCCCc2ccccc2)c1. The predicted molar refractivity (Wildman–Crippen MR) is 122 cm³/mol. The van der Waals surface area contributed by atoms with Crippen LogP contribution in [0.3, 0.4) is 0 Å². The van der Waals surface area contributed by atoms with E-state index in [1.165, 1.54) is 16.5 Å². The molecular formula is C25H26N4O. The van der Waals surface area contributed by atoms with E-state index >= 15 is 0 Å². The van der Waals surface area contributed by atoms with Crippen molar-refractivity contribution in [1.29, 1.82) is 0 Å². The van der Waals surface area contributed by atoms with Crippen LogP contribution < -0.4 is 10.6 Å². The van der Waals surface area contributed by atoms with Crippen molar-refractivity contribution in [1.82, 2.24) is 15.3 Å². The number of aromatic nitrogens is 2. The number of H-pyrrole nitrogens is 1. The Bertz CT molecular complexity index is 1100. The van der Waals surface area contributed by atoms with E-state index in [4.69, 9.17) is 0 Å². The fourth-order valence-electron chi connectivity index (χ4n) is 3.57. The van der Waals surface area contributed by atoms with E-state index in [1.807, 2.05) is 30.5 Å². The lowest BCUT2D eigenvalue weighted by atomic mass is 10.1. The highest BCUT2D eigenvalue weighted by Crippen LogP contribution is 2.17. The van der Waals surface area contributed by atoms with Crippen molar-refractivity contribution in [2.24, 2.45) is 0 Å². The molecule has 5 nitrogen and oxygen atoms in total. The Balaban J connectivity index is 1.25. The minimum Gasteiger partial charge on any atom is -0.370 e. The van der Waals surface area contributed by atoms with Gasteiger partial charge in [-0.2, -0.15) is 0 Å². The summed E-state index contributed by atoms with van der Waals surface area (Å²) in [4.78, 5) is 20.1. The molecule has 0 spiro atoms. The minimum absolute atomic E-state index is 0.0791. The zero-order chi connectivity index (χ0) is 20.6. The Morgan fingerprint density at radius 2 is 1.77 bits per heavy atom. The Labute approximate surface area is 176 Å². The number of nitrogens with zero attached hydrogens (tertiary/aromatic N) is 1. The summed E-state index contributed by atoms with van der Waals surface area (Å²) < 4.78 is 0. The van der Waals surface area contributed by atoms with Crippen molar-refractivity contribution >= 4 is 22.6 Å². The molecule has 2 aromatic heterocycles. The highest BCUT2D eigenvalue weighted by atomic mass is 16.1. The van der Waals surface area contributed by atoms with Crippen LogP contribution in [0.1, 0.15) is 27.9 Å². The summed E-state index contributed by atoms with van der Waals surface area (Å²) in [6.07, 6.45) is 6.49. The molecule has 4 aromatic rings. The number of fused-ring (bicyclic) bond motifs is 1. The molecule has 1 amide bonds. The molecule has 0 fully saturated rings. The first-order valence-corrected chi connectivity index (χ1v) is 10.4. The number of hydrogen-bond acceptors (Lipinski definition) is 3. The minimum atomic E-state index is -0.0791. The van der Waals surface area contributed by atoms with E-state index in [2.05, 4.69) is 57.0 Å². The van der Waals surface area contributed by atoms with Gasteiger partial charge in [0.05, 0.1) is 0 Å². The zero-order valence-electron chi connectivity index (χ0n) is 16.9. The number of para-hydroxylation sites is 1. The van der Waals surface area contributed by atoms with Gasteiger partial charge < -0.3 is 15.6 Å². The van der Waals surface area contributed by atoms with Crippen molar-refractivity contribution < 1.29 is 4.79 Å². The van der Waals surface area contributed by atoms with E-state index in [1.54, 1.807) is 12.3 Å². The van der Waals surface area contributed by atoms with Gasteiger partial charge in [-0.25, -0.2) is 4.98 Å². The third-order valence-electron chi connectivity index (χ3n) is 5.17. The number of aryl methyl sites for hydroxylation is 1. The van der Waals surface area contributed by atoms with Crippen molar-refractivity contribution in [3.05, 3.63) is 95.8 Å². The first-order chi connectivity index (χ1) is 14.8. The molecule has 0 bridgehead atoms. The second-order valence-corrected chi connectivity index (χ2v) is 7.31. The summed E-state index contributed by atoms with van der Waals surface area (Å²) in [5.74, 6) is 0.650. The topological polar surface area (TPSA) is 69.8 Å². The lowest BCUT2D eigenvalue weighted by molar-refractivity contribution is 0.0954. The Morgan fingerprint density at radius 3 is 2.67 bits per heavy atom. The average molecular weight is 399 g/mol. The van der Waals surface area contributed by atoms with Crippen LogP contribution in [0.15, 0.2) is 79.1 Å². The zero-order valence-corrected chi connectivity index (χ0v) is 16.9. The molecule has 0 saturated heterocycles. The Hall–Kier alpha value is -3.60. The molecule has 0 aliphatic heterocycles. The highest BCUT2D eigenvalue weighted by Gasteiger charge is 2.08. The summed E-state index contributed by atoms with van der Waals surface area (Å²) in [5, 5.41) is 7.53. The van der Waals surface area contributed by atoms with Crippen LogP contribution >= 0.6 is 0 Å². The van der Waals surface area contributed by atoms with Crippen LogP contribution in [0.25, 0.3) is 10.9 Å². The number of rotatable bonds is 9. The van der Waals surface area contributed by atoms with Gasteiger partial charge in [0.25, 0.3) is 5.91 Å². The summed E-state index contributed by atoms with van der Waals surface area (Å²) >= 11 is 0. The molecule has 0 saturated carbocycles. The molecule has 0 atom stereocenters.